The highest BCUT2D eigenvalue weighted by Crippen LogP contribution is 2.24. The van der Waals surface area contributed by atoms with E-state index in [9.17, 15) is 13.2 Å². The molecule has 1 saturated heterocycles. The van der Waals surface area contributed by atoms with Crippen LogP contribution in [-0.2, 0) is 20.6 Å². The molecule has 28 heavy (non-hydrogen) atoms. The lowest BCUT2D eigenvalue weighted by Crippen LogP contribution is -2.44. The standard InChI is InChI=1S/C20H23ClN2O3S2/c1-27-19-6-2-5-18(12-19)22-20(24)16-4-3-11-23(13-16)28(25,26)14-15-7-9-17(21)10-8-15/h2,5-10,12,16H,3-4,11,13-14H2,1H3,(H,22,24)/t16-/m1/s1. The van der Waals surface area contributed by atoms with Crippen LogP contribution in [0.25, 0.3) is 0 Å². The first kappa shape index (κ1) is 21.2. The summed E-state index contributed by atoms with van der Waals surface area (Å²) in [6.45, 7) is 0.658. The Morgan fingerprint density at radius 3 is 2.71 bits per heavy atom. The van der Waals surface area contributed by atoms with E-state index in [0.29, 0.717) is 30.0 Å². The van der Waals surface area contributed by atoms with Crippen molar-refractivity contribution in [1.82, 2.24) is 4.31 Å². The van der Waals surface area contributed by atoms with Gasteiger partial charge in [-0.15, -0.1) is 11.8 Å². The van der Waals surface area contributed by atoms with Crippen molar-refractivity contribution < 1.29 is 13.2 Å². The predicted octanol–water partition coefficient (Wildman–Crippen LogP) is 4.24. The maximum atomic E-state index is 12.8. The fourth-order valence-electron chi connectivity index (χ4n) is 3.24. The summed E-state index contributed by atoms with van der Waals surface area (Å²) in [5, 5.41) is 3.50. The Hall–Kier alpha value is -1.54. The van der Waals surface area contributed by atoms with Crippen LogP contribution >= 0.6 is 23.4 Å². The first-order valence-electron chi connectivity index (χ1n) is 9.04. The minimum Gasteiger partial charge on any atom is -0.326 e. The summed E-state index contributed by atoms with van der Waals surface area (Å²) in [6, 6.07) is 14.4. The van der Waals surface area contributed by atoms with Gasteiger partial charge in [-0.25, -0.2) is 12.7 Å². The van der Waals surface area contributed by atoms with Gasteiger partial charge in [0.15, 0.2) is 0 Å². The molecular formula is C20H23ClN2O3S2. The molecule has 1 aliphatic heterocycles. The van der Waals surface area contributed by atoms with Crippen molar-refractivity contribution in [2.45, 2.75) is 23.5 Å². The van der Waals surface area contributed by atoms with Crippen molar-refractivity contribution in [2.24, 2.45) is 5.92 Å². The number of thioether (sulfide) groups is 1. The number of sulfonamides is 1. The zero-order valence-electron chi connectivity index (χ0n) is 15.6. The second-order valence-corrected chi connectivity index (χ2v) is 10.1. The van der Waals surface area contributed by atoms with Crippen molar-refractivity contribution in [2.75, 3.05) is 24.7 Å². The number of hydrogen-bond donors (Lipinski definition) is 1. The largest absolute Gasteiger partial charge is 0.326 e. The summed E-state index contributed by atoms with van der Waals surface area (Å²) >= 11 is 7.47. The SMILES string of the molecule is CSc1cccc(NC(=O)[C@@H]2CCCN(S(=O)(=O)Cc3ccc(Cl)cc3)C2)c1. The van der Waals surface area contributed by atoms with Crippen LogP contribution in [0, 0.1) is 5.92 Å². The third kappa shape index (κ3) is 5.50. The number of benzene rings is 2. The highest BCUT2D eigenvalue weighted by molar-refractivity contribution is 7.98. The highest BCUT2D eigenvalue weighted by Gasteiger charge is 2.32. The third-order valence-corrected chi connectivity index (χ3v) is 7.54. The Morgan fingerprint density at radius 1 is 1.25 bits per heavy atom. The molecule has 1 atom stereocenters. The maximum Gasteiger partial charge on any atom is 0.228 e. The molecule has 1 N–H and O–H groups in total. The number of carbonyl (C=O) groups excluding carboxylic acids is 1. The maximum absolute atomic E-state index is 12.8. The van der Waals surface area contributed by atoms with Crippen LogP contribution in [0.15, 0.2) is 53.4 Å². The minimum absolute atomic E-state index is 0.0890. The Balaban J connectivity index is 1.65. The average Bonchev–Trinajstić information content (AvgIpc) is 2.70. The molecule has 0 saturated carbocycles. The average molecular weight is 439 g/mol. The van der Waals surface area contributed by atoms with E-state index in [1.165, 1.54) is 4.31 Å². The second kappa shape index (κ2) is 9.31. The lowest BCUT2D eigenvalue weighted by atomic mass is 9.99. The van der Waals surface area contributed by atoms with Crippen molar-refractivity contribution in [3.63, 3.8) is 0 Å². The number of rotatable bonds is 6. The molecule has 2 aromatic rings. The van der Waals surface area contributed by atoms with E-state index in [1.54, 1.807) is 36.0 Å². The van der Waals surface area contributed by atoms with Crippen molar-refractivity contribution in [3.8, 4) is 0 Å². The number of halogens is 1. The van der Waals surface area contributed by atoms with E-state index in [2.05, 4.69) is 5.32 Å². The molecule has 0 radical (unpaired) electrons. The number of carbonyl (C=O) groups is 1. The summed E-state index contributed by atoms with van der Waals surface area (Å²) in [4.78, 5) is 13.7. The Kier molecular flexibility index (Phi) is 7.04. The van der Waals surface area contributed by atoms with Crippen molar-refractivity contribution in [3.05, 3.63) is 59.1 Å². The predicted molar refractivity (Wildman–Crippen MR) is 115 cm³/mol. The summed E-state index contributed by atoms with van der Waals surface area (Å²) < 4.78 is 27.1. The van der Waals surface area contributed by atoms with Crippen molar-refractivity contribution >= 4 is 45.0 Å². The van der Waals surface area contributed by atoms with E-state index < -0.39 is 10.0 Å². The van der Waals surface area contributed by atoms with Gasteiger partial charge in [0.2, 0.25) is 15.9 Å². The van der Waals surface area contributed by atoms with Gasteiger partial charge in [0.1, 0.15) is 0 Å². The van der Waals surface area contributed by atoms with E-state index in [0.717, 1.165) is 10.6 Å². The summed E-state index contributed by atoms with van der Waals surface area (Å²) in [6.07, 6.45) is 3.33. The molecular weight excluding hydrogens is 416 g/mol. The number of piperidine rings is 1. The molecule has 5 nitrogen and oxygen atoms in total. The molecule has 1 aliphatic rings. The monoisotopic (exact) mass is 438 g/mol. The van der Waals surface area contributed by atoms with Crippen LogP contribution in [-0.4, -0.2) is 38.0 Å². The van der Waals surface area contributed by atoms with Gasteiger partial charge < -0.3 is 5.32 Å². The summed E-state index contributed by atoms with van der Waals surface area (Å²) in [5.74, 6) is -0.579. The molecule has 3 rings (SSSR count). The van der Waals surface area contributed by atoms with E-state index >= 15 is 0 Å². The van der Waals surface area contributed by atoms with Gasteiger partial charge in [-0.3, -0.25) is 4.79 Å². The molecule has 0 unspecified atom stereocenters. The number of amides is 1. The van der Waals surface area contributed by atoms with Crippen LogP contribution < -0.4 is 5.32 Å². The van der Waals surface area contributed by atoms with E-state index in [-0.39, 0.29) is 24.1 Å². The lowest BCUT2D eigenvalue weighted by molar-refractivity contribution is -0.120. The quantitative estimate of drug-likeness (QED) is 0.685. The number of anilines is 1. The van der Waals surface area contributed by atoms with Gasteiger partial charge in [-0.2, -0.15) is 0 Å². The first-order valence-corrected chi connectivity index (χ1v) is 12.3. The third-order valence-electron chi connectivity index (χ3n) is 4.75. The first-order chi connectivity index (χ1) is 13.4. The molecule has 1 amide bonds. The van der Waals surface area contributed by atoms with Gasteiger partial charge >= 0.3 is 0 Å². The van der Waals surface area contributed by atoms with Gasteiger partial charge in [0.05, 0.1) is 11.7 Å². The highest BCUT2D eigenvalue weighted by atomic mass is 35.5. The zero-order chi connectivity index (χ0) is 20.1. The molecule has 1 heterocycles. The normalized spacial score (nSPS) is 18.0. The molecule has 0 bridgehead atoms. The van der Waals surface area contributed by atoms with Gasteiger partial charge in [0, 0.05) is 28.7 Å². The fraction of sp³-hybridized carbons (Fsp3) is 0.350. The molecule has 2 aromatic carbocycles. The van der Waals surface area contributed by atoms with Crippen molar-refractivity contribution in [1.29, 1.82) is 0 Å². The van der Waals surface area contributed by atoms with Crippen LogP contribution in [0.2, 0.25) is 5.02 Å². The lowest BCUT2D eigenvalue weighted by Gasteiger charge is -2.31. The molecule has 0 spiro atoms. The van der Waals surface area contributed by atoms with E-state index in [4.69, 9.17) is 11.6 Å². The van der Waals surface area contributed by atoms with Crippen LogP contribution in [0.3, 0.4) is 0 Å². The number of nitrogens with one attached hydrogen (secondary N) is 1. The minimum atomic E-state index is -3.49. The van der Waals surface area contributed by atoms with Gasteiger partial charge in [0.25, 0.3) is 0 Å². The van der Waals surface area contributed by atoms with Gasteiger partial charge in [-0.1, -0.05) is 29.8 Å². The molecule has 150 valence electrons. The zero-order valence-corrected chi connectivity index (χ0v) is 18.0. The Bertz CT molecular complexity index is 933. The van der Waals surface area contributed by atoms with E-state index in [1.807, 2.05) is 30.5 Å². The number of nitrogens with zero attached hydrogens (tertiary/aromatic N) is 1. The topological polar surface area (TPSA) is 66.5 Å². The number of hydrogen-bond acceptors (Lipinski definition) is 4. The smallest absolute Gasteiger partial charge is 0.228 e. The summed E-state index contributed by atoms with van der Waals surface area (Å²) in [5.41, 5.74) is 1.42. The molecule has 8 heteroatoms. The molecule has 0 aliphatic carbocycles. The fourth-order valence-corrected chi connectivity index (χ4v) is 5.43. The van der Waals surface area contributed by atoms with Crippen LogP contribution in [0.1, 0.15) is 18.4 Å². The second-order valence-electron chi connectivity index (χ2n) is 6.80. The molecule has 0 aromatic heterocycles. The summed E-state index contributed by atoms with van der Waals surface area (Å²) in [7, 11) is -3.49. The molecule has 1 fully saturated rings. The van der Waals surface area contributed by atoms with Crippen LogP contribution in [0.4, 0.5) is 5.69 Å². The Morgan fingerprint density at radius 2 is 2.00 bits per heavy atom. The van der Waals surface area contributed by atoms with Gasteiger partial charge in [-0.05, 0) is 55.0 Å². The van der Waals surface area contributed by atoms with Crippen LogP contribution in [0.5, 0.6) is 0 Å². The Labute approximate surface area is 175 Å².